The number of nitrogens with zero attached hydrogens (tertiary/aromatic N) is 1. The Labute approximate surface area is 154 Å². The maximum Gasteiger partial charge on any atom is 0.312 e. The summed E-state index contributed by atoms with van der Waals surface area (Å²) >= 11 is 0. The summed E-state index contributed by atoms with van der Waals surface area (Å²) in [5.74, 6) is -1.38. The Morgan fingerprint density at radius 3 is 2.81 bits per heavy atom. The summed E-state index contributed by atoms with van der Waals surface area (Å²) in [6.07, 6.45) is 6.50. The van der Waals surface area contributed by atoms with Crippen LogP contribution in [0.4, 0.5) is 5.69 Å². The van der Waals surface area contributed by atoms with E-state index in [1.165, 1.54) is 0 Å². The van der Waals surface area contributed by atoms with Crippen LogP contribution in [-0.4, -0.2) is 36.7 Å². The summed E-state index contributed by atoms with van der Waals surface area (Å²) in [6, 6.07) is 7.86. The molecule has 1 aromatic rings. The Morgan fingerprint density at radius 1 is 1.31 bits per heavy atom. The van der Waals surface area contributed by atoms with Crippen LogP contribution < -0.4 is 4.90 Å². The van der Waals surface area contributed by atoms with Crippen molar-refractivity contribution in [1.29, 1.82) is 0 Å². The van der Waals surface area contributed by atoms with Crippen molar-refractivity contribution in [2.45, 2.75) is 44.8 Å². The fraction of sp³-hybridized carbons (Fsp3) is 0.524. The number of aryl methyl sites for hydroxylation is 1. The number of benzene rings is 1. The second-order valence-electron chi connectivity index (χ2n) is 7.53. The van der Waals surface area contributed by atoms with Crippen molar-refractivity contribution in [3.05, 3.63) is 42.0 Å². The Balaban J connectivity index is 1.53. The zero-order valence-electron chi connectivity index (χ0n) is 15.3. The van der Waals surface area contributed by atoms with Gasteiger partial charge in [-0.3, -0.25) is 9.59 Å². The predicted molar refractivity (Wildman–Crippen MR) is 97.7 cm³/mol. The van der Waals surface area contributed by atoms with E-state index in [0.29, 0.717) is 13.2 Å². The standard InChI is InChI=1S/C21H25NO4/c1-3-4-5-12-25-20(24)17-16-10-11-21(26-16)13-22(19(23)18(17)21)15-8-6-14(2)7-9-15/h6-11,16-18H,3-5,12-13H2,1-2H3/t16-,17?,18?,21-/m1/s1. The van der Waals surface area contributed by atoms with Gasteiger partial charge in [-0.25, -0.2) is 0 Å². The number of fused-ring (bicyclic) bond motifs is 1. The molecule has 0 N–H and O–H groups in total. The fourth-order valence-electron chi connectivity index (χ4n) is 4.33. The van der Waals surface area contributed by atoms with E-state index >= 15 is 0 Å². The summed E-state index contributed by atoms with van der Waals surface area (Å²) in [5, 5.41) is 0. The zero-order chi connectivity index (χ0) is 18.3. The minimum absolute atomic E-state index is 0.0452. The molecule has 2 saturated heterocycles. The lowest BCUT2D eigenvalue weighted by atomic mass is 9.77. The SMILES string of the molecule is CCCCCOC(=O)C1C2C(=O)N(c3ccc(C)cc3)C[C@]23C=C[C@H]1O3. The number of esters is 1. The number of hydrogen-bond acceptors (Lipinski definition) is 4. The maximum absolute atomic E-state index is 13.2. The summed E-state index contributed by atoms with van der Waals surface area (Å²) in [4.78, 5) is 27.6. The van der Waals surface area contributed by atoms with Gasteiger partial charge in [-0.05, 0) is 25.5 Å². The number of amides is 1. The molecule has 5 nitrogen and oxygen atoms in total. The van der Waals surface area contributed by atoms with Crippen molar-refractivity contribution in [2.24, 2.45) is 11.8 Å². The van der Waals surface area contributed by atoms with Crippen LogP contribution in [0.1, 0.15) is 31.7 Å². The highest BCUT2D eigenvalue weighted by Crippen LogP contribution is 2.52. The number of anilines is 1. The molecule has 3 aliphatic rings. The highest BCUT2D eigenvalue weighted by Gasteiger charge is 2.67. The van der Waals surface area contributed by atoms with Crippen molar-refractivity contribution in [1.82, 2.24) is 0 Å². The molecule has 4 atom stereocenters. The first-order chi connectivity index (χ1) is 12.6. The van der Waals surface area contributed by atoms with Crippen LogP contribution in [0.2, 0.25) is 0 Å². The average Bonchev–Trinajstić information content (AvgIpc) is 3.28. The molecule has 2 unspecified atom stereocenters. The van der Waals surface area contributed by atoms with Gasteiger partial charge in [0.15, 0.2) is 0 Å². The summed E-state index contributed by atoms with van der Waals surface area (Å²) in [6.45, 7) is 4.99. The van der Waals surface area contributed by atoms with Gasteiger partial charge >= 0.3 is 5.97 Å². The third-order valence-electron chi connectivity index (χ3n) is 5.71. The molecule has 4 rings (SSSR count). The largest absolute Gasteiger partial charge is 0.465 e. The van der Waals surface area contributed by atoms with Crippen molar-refractivity contribution in [3.8, 4) is 0 Å². The summed E-state index contributed by atoms with van der Waals surface area (Å²) in [5.41, 5.74) is 1.30. The molecule has 1 spiro atoms. The monoisotopic (exact) mass is 355 g/mol. The third kappa shape index (κ3) is 2.65. The van der Waals surface area contributed by atoms with Crippen molar-refractivity contribution < 1.29 is 19.1 Å². The Morgan fingerprint density at radius 2 is 2.08 bits per heavy atom. The van der Waals surface area contributed by atoms with E-state index in [4.69, 9.17) is 9.47 Å². The van der Waals surface area contributed by atoms with Crippen LogP contribution >= 0.6 is 0 Å². The number of ether oxygens (including phenoxy) is 2. The second kappa shape index (κ2) is 6.54. The van der Waals surface area contributed by atoms with Crippen molar-refractivity contribution >= 4 is 17.6 Å². The van der Waals surface area contributed by atoms with E-state index < -0.39 is 17.4 Å². The van der Waals surface area contributed by atoms with Gasteiger partial charge in [0.05, 0.1) is 25.2 Å². The van der Waals surface area contributed by atoms with E-state index in [2.05, 4.69) is 6.92 Å². The normalized spacial score (nSPS) is 31.5. The van der Waals surface area contributed by atoms with E-state index in [0.717, 1.165) is 30.5 Å². The molecule has 5 heteroatoms. The van der Waals surface area contributed by atoms with Gasteiger partial charge in [-0.15, -0.1) is 0 Å². The van der Waals surface area contributed by atoms with Gasteiger partial charge in [0.1, 0.15) is 11.5 Å². The van der Waals surface area contributed by atoms with Crippen molar-refractivity contribution in [3.63, 3.8) is 0 Å². The minimum Gasteiger partial charge on any atom is -0.465 e. The lowest BCUT2D eigenvalue weighted by Gasteiger charge is -2.22. The van der Waals surface area contributed by atoms with E-state index in [9.17, 15) is 9.59 Å². The number of hydrogen-bond donors (Lipinski definition) is 0. The third-order valence-corrected chi connectivity index (χ3v) is 5.71. The first-order valence-corrected chi connectivity index (χ1v) is 9.47. The number of rotatable bonds is 6. The molecule has 2 fully saturated rings. The van der Waals surface area contributed by atoms with Crippen LogP contribution in [-0.2, 0) is 19.1 Å². The van der Waals surface area contributed by atoms with E-state index in [1.54, 1.807) is 4.90 Å². The van der Waals surface area contributed by atoms with Gasteiger partial charge in [0, 0.05) is 5.69 Å². The first-order valence-electron chi connectivity index (χ1n) is 9.47. The Kier molecular flexibility index (Phi) is 4.35. The van der Waals surface area contributed by atoms with Gasteiger partial charge in [0.25, 0.3) is 0 Å². The van der Waals surface area contributed by atoms with Crippen molar-refractivity contribution in [2.75, 3.05) is 18.1 Å². The van der Waals surface area contributed by atoms with Gasteiger partial charge in [-0.1, -0.05) is 49.6 Å². The number of unbranched alkanes of at least 4 members (excludes halogenated alkanes) is 2. The fourth-order valence-corrected chi connectivity index (χ4v) is 4.33. The molecule has 1 amide bonds. The quantitative estimate of drug-likeness (QED) is 0.447. The van der Waals surface area contributed by atoms with Crippen LogP contribution in [0.5, 0.6) is 0 Å². The predicted octanol–water partition coefficient (Wildman–Crippen LogP) is 3.01. The topological polar surface area (TPSA) is 55.8 Å². The van der Waals surface area contributed by atoms with Crippen LogP contribution in [0.15, 0.2) is 36.4 Å². The first kappa shape index (κ1) is 17.3. The molecule has 3 heterocycles. The zero-order valence-corrected chi connectivity index (χ0v) is 15.3. The molecule has 0 aromatic heterocycles. The number of carbonyl (C=O) groups excluding carboxylic acids is 2. The Hall–Kier alpha value is -2.14. The Bertz CT molecular complexity index is 741. The molecular formula is C21H25NO4. The highest BCUT2D eigenvalue weighted by molar-refractivity contribution is 6.02. The number of carbonyl (C=O) groups is 2. The highest BCUT2D eigenvalue weighted by atomic mass is 16.6. The molecule has 3 aliphatic heterocycles. The van der Waals surface area contributed by atoms with Gasteiger partial charge in [-0.2, -0.15) is 0 Å². The molecule has 1 aromatic carbocycles. The van der Waals surface area contributed by atoms with Crippen LogP contribution in [0.3, 0.4) is 0 Å². The summed E-state index contributed by atoms with van der Waals surface area (Å²) < 4.78 is 11.6. The minimum atomic E-state index is -0.695. The lowest BCUT2D eigenvalue weighted by Crippen LogP contribution is -2.40. The molecule has 0 saturated carbocycles. The molecule has 2 bridgehead atoms. The van der Waals surface area contributed by atoms with E-state index in [1.807, 2.05) is 43.3 Å². The summed E-state index contributed by atoms with van der Waals surface area (Å²) in [7, 11) is 0. The average molecular weight is 355 g/mol. The molecular weight excluding hydrogens is 330 g/mol. The van der Waals surface area contributed by atoms with E-state index in [-0.39, 0.29) is 18.0 Å². The smallest absolute Gasteiger partial charge is 0.312 e. The lowest BCUT2D eigenvalue weighted by molar-refractivity contribution is -0.152. The second-order valence-corrected chi connectivity index (χ2v) is 7.53. The van der Waals surface area contributed by atoms with Crippen LogP contribution in [0, 0.1) is 18.8 Å². The maximum atomic E-state index is 13.2. The molecule has 26 heavy (non-hydrogen) atoms. The van der Waals surface area contributed by atoms with Gasteiger partial charge in [0.2, 0.25) is 5.91 Å². The van der Waals surface area contributed by atoms with Gasteiger partial charge < -0.3 is 14.4 Å². The van der Waals surface area contributed by atoms with Crippen LogP contribution in [0.25, 0.3) is 0 Å². The molecule has 0 radical (unpaired) electrons. The molecule has 138 valence electrons. The molecule has 0 aliphatic carbocycles.